The molecule has 0 fully saturated rings. The van der Waals surface area contributed by atoms with Crippen LogP contribution in [0.2, 0.25) is 5.02 Å². The predicted octanol–water partition coefficient (Wildman–Crippen LogP) is 3.65. The molecule has 2 aromatic rings. The smallest absolute Gasteiger partial charge is 0.276 e. The third kappa shape index (κ3) is 6.25. The fraction of sp³-hybridized carbons (Fsp3) is 0.111. The highest BCUT2D eigenvalue weighted by Crippen LogP contribution is 2.25. The van der Waals surface area contributed by atoms with E-state index < -0.39 is 11.8 Å². The number of carbonyl (C=O) groups excluding carboxylic acids is 2. The lowest BCUT2D eigenvalue weighted by atomic mass is 10.2. The summed E-state index contributed by atoms with van der Waals surface area (Å²) in [6.45, 7) is 1.73. The van der Waals surface area contributed by atoms with Gasteiger partial charge in [-0.25, -0.2) is 0 Å². The van der Waals surface area contributed by atoms with E-state index in [0.717, 1.165) is 10.0 Å². The van der Waals surface area contributed by atoms with Crippen molar-refractivity contribution in [1.29, 1.82) is 0 Å². The molecule has 0 atom stereocenters. The molecule has 0 aliphatic heterocycles. The molecule has 0 heterocycles. The molecular formula is C18H16BrClN2O3. The van der Waals surface area contributed by atoms with Gasteiger partial charge in [0.1, 0.15) is 5.75 Å². The number of halogens is 2. The van der Waals surface area contributed by atoms with E-state index in [1.807, 2.05) is 25.1 Å². The summed E-state index contributed by atoms with van der Waals surface area (Å²) in [4.78, 5) is 23.4. The lowest BCUT2D eigenvalue weighted by Crippen LogP contribution is -2.43. The quantitative estimate of drug-likeness (QED) is 0.570. The molecule has 130 valence electrons. The summed E-state index contributed by atoms with van der Waals surface area (Å²) in [5.41, 5.74) is 6.32. The first-order valence-corrected chi connectivity index (χ1v) is 8.53. The van der Waals surface area contributed by atoms with E-state index in [0.29, 0.717) is 16.3 Å². The second-order valence-corrected chi connectivity index (χ2v) is 6.38. The van der Waals surface area contributed by atoms with E-state index in [2.05, 4.69) is 26.8 Å². The van der Waals surface area contributed by atoms with E-state index in [4.69, 9.17) is 16.3 Å². The number of hydrazine groups is 1. The molecule has 0 aliphatic carbocycles. The van der Waals surface area contributed by atoms with Crippen LogP contribution in [0.5, 0.6) is 5.75 Å². The van der Waals surface area contributed by atoms with Crippen molar-refractivity contribution >= 4 is 45.4 Å². The summed E-state index contributed by atoms with van der Waals surface area (Å²) in [6, 6.07) is 12.6. The van der Waals surface area contributed by atoms with Crippen molar-refractivity contribution in [3.05, 3.63) is 69.2 Å². The van der Waals surface area contributed by atoms with Gasteiger partial charge >= 0.3 is 0 Å². The SMILES string of the molecule is Cc1ccc(OCC(=O)NNC(=O)C=Cc2ccccc2Cl)c(Br)c1. The Morgan fingerprint density at radius 2 is 1.96 bits per heavy atom. The second kappa shape index (κ2) is 9.25. The van der Waals surface area contributed by atoms with Crippen LogP contribution in [0.25, 0.3) is 6.08 Å². The average molecular weight is 424 g/mol. The van der Waals surface area contributed by atoms with Crippen LogP contribution >= 0.6 is 27.5 Å². The molecule has 0 saturated heterocycles. The van der Waals surface area contributed by atoms with Gasteiger partial charge in [-0.1, -0.05) is 35.9 Å². The van der Waals surface area contributed by atoms with Gasteiger partial charge in [0.25, 0.3) is 11.8 Å². The fourth-order valence-electron chi connectivity index (χ4n) is 1.85. The van der Waals surface area contributed by atoms with Gasteiger partial charge in [-0.2, -0.15) is 0 Å². The molecule has 7 heteroatoms. The number of amides is 2. The van der Waals surface area contributed by atoms with Crippen LogP contribution in [-0.2, 0) is 9.59 Å². The normalized spacial score (nSPS) is 10.5. The summed E-state index contributed by atoms with van der Waals surface area (Å²) in [7, 11) is 0. The van der Waals surface area contributed by atoms with Gasteiger partial charge < -0.3 is 4.74 Å². The van der Waals surface area contributed by atoms with Crippen molar-refractivity contribution in [3.63, 3.8) is 0 Å². The van der Waals surface area contributed by atoms with E-state index >= 15 is 0 Å². The zero-order chi connectivity index (χ0) is 18.2. The Morgan fingerprint density at radius 1 is 1.20 bits per heavy atom. The Bertz CT molecular complexity index is 809. The Hall–Kier alpha value is -2.31. The summed E-state index contributed by atoms with van der Waals surface area (Å²) < 4.78 is 6.14. The maximum Gasteiger partial charge on any atom is 0.276 e. The Kier molecular flexibility index (Phi) is 7.03. The number of hydrogen-bond acceptors (Lipinski definition) is 3. The number of rotatable bonds is 5. The number of aryl methyl sites for hydroxylation is 1. The molecule has 0 saturated carbocycles. The van der Waals surface area contributed by atoms with Crippen LogP contribution in [0, 0.1) is 6.92 Å². The summed E-state index contributed by atoms with van der Waals surface area (Å²) in [6.07, 6.45) is 2.84. The number of benzene rings is 2. The van der Waals surface area contributed by atoms with Crippen molar-refractivity contribution < 1.29 is 14.3 Å². The van der Waals surface area contributed by atoms with Crippen LogP contribution < -0.4 is 15.6 Å². The Balaban J connectivity index is 1.77. The molecule has 0 radical (unpaired) electrons. The molecular weight excluding hydrogens is 408 g/mol. The molecule has 0 spiro atoms. The highest BCUT2D eigenvalue weighted by molar-refractivity contribution is 9.10. The molecule has 2 amide bonds. The molecule has 0 aromatic heterocycles. The maximum atomic E-state index is 11.7. The standard InChI is InChI=1S/C18H16BrClN2O3/c1-12-6-8-16(14(19)10-12)25-11-18(24)22-21-17(23)9-7-13-4-2-3-5-15(13)20/h2-10H,11H2,1H3,(H,21,23)(H,22,24). The van der Waals surface area contributed by atoms with Crippen LogP contribution in [0.1, 0.15) is 11.1 Å². The summed E-state index contributed by atoms with van der Waals surface area (Å²) in [5.74, 6) is -0.414. The molecule has 0 aliphatic rings. The average Bonchev–Trinajstić information content (AvgIpc) is 2.58. The van der Waals surface area contributed by atoms with E-state index in [1.54, 1.807) is 30.3 Å². The van der Waals surface area contributed by atoms with Gasteiger partial charge in [0.05, 0.1) is 4.47 Å². The Labute approximate surface area is 159 Å². The van der Waals surface area contributed by atoms with Gasteiger partial charge in [-0.05, 0) is 58.3 Å². The molecule has 2 aromatic carbocycles. The number of hydrogen-bond donors (Lipinski definition) is 2. The first kappa shape index (κ1) is 19.0. The van der Waals surface area contributed by atoms with E-state index in [1.165, 1.54) is 6.08 Å². The second-order valence-electron chi connectivity index (χ2n) is 5.11. The van der Waals surface area contributed by atoms with Gasteiger partial charge in [0, 0.05) is 11.1 Å². The number of ether oxygens (including phenoxy) is 1. The fourth-order valence-corrected chi connectivity index (χ4v) is 2.66. The first-order chi connectivity index (χ1) is 12.0. The zero-order valence-corrected chi connectivity index (χ0v) is 15.7. The lowest BCUT2D eigenvalue weighted by molar-refractivity contribution is -0.128. The minimum atomic E-state index is -0.482. The van der Waals surface area contributed by atoms with Crippen LogP contribution in [0.15, 0.2) is 53.0 Å². The largest absolute Gasteiger partial charge is 0.483 e. The topological polar surface area (TPSA) is 67.4 Å². The molecule has 0 unspecified atom stereocenters. The summed E-state index contributed by atoms with van der Waals surface area (Å²) >= 11 is 9.35. The van der Waals surface area contributed by atoms with Crippen LogP contribution in [-0.4, -0.2) is 18.4 Å². The molecule has 0 bridgehead atoms. The third-order valence-electron chi connectivity index (χ3n) is 3.09. The molecule has 2 N–H and O–H groups in total. The third-order valence-corrected chi connectivity index (χ3v) is 4.05. The monoisotopic (exact) mass is 422 g/mol. The first-order valence-electron chi connectivity index (χ1n) is 7.36. The van der Waals surface area contributed by atoms with Crippen LogP contribution in [0.4, 0.5) is 0 Å². The highest BCUT2D eigenvalue weighted by atomic mass is 79.9. The van der Waals surface area contributed by atoms with Crippen molar-refractivity contribution in [2.45, 2.75) is 6.92 Å². The lowest BCUT2D eigenvalue weighted by Gasteiger charge is -2.09. The number of carbonyl (C=O) groups is 2. The molecule has 5 nitrogen and oxygen atoms in total. The van der Waals surface area contributed by atoms with Crippen molar-refractivity contribution in [1.82, 2.24) is 10.9 Å². The van der Waals surface area contributed by atoms with Crippen LogP contribution in [0.3, 0.4) is 0 Å². The minimum Gasteiger partial charge on any atom is -0.483 e. The van der Waals surface area contributed by atoms with Gasteiger partial charge in [0.2, 0.25) is 0 Å². The maximum absolute atomic E-state index is 11.7. The molecule has 25 heavy (non-hydrogen) atoms. The predicted molar refractivity (Wildman–Crippen MR) is 101 cm³/mol. The van der Waals surface area contributed by atoms with Gasteiger partial charge in [0.15, 0.2) is 6.61 Å². The van der Waals surface area contributed by atoms with Crippen molar-refractivity contribution in [2.24, 2.45) is 0 Å². The van der Waals surface area contributed by atoms with Crippen molar-refractivity contribution in [2.75, 3.05) is 6.61 Å². The van der Waals surface area contributed by atoms with Crippen molar-refractivity contribution in [3.8, 4) is 5.75 Å². The zero-order valence-electron chi connectivity index (χ0n) is 13.4. The number of nitrogens with one attached hydrogen (secondary N) is 2. The minimum absolute atomic E-state index is 0.226. The van der Waals surface area contributed by atoms with E-state index in [-0.39, 0.29) is 6.61 Å². The highest BCUT2D eigenvalue weighted by Gasteiger charge is 2.06. The molecule has 2 rings (SSSR count). The van der Waals surface area contributed by atoms with Gasteiger partial charge in [-0.3, -0.25) is 20.4 Å². The van der Waals surface area contributed by atoms with E-state index in [9.17, 15) is 9.59 Å². The van der Waals surface area contributed by atoms with Gasteiger partial charge in [-0.15, -0.1) is 0 Å². The Morgan fingerprint density at radius 3 is 2.68 bits per heavy atom. The summed E-state index contributed by atoms with van der Waals surface area (Å²) in [5, 5.41) is 0.535.